The van der Waals surface area contributed by atoms with Crippen molar-refractivity contribution in [2.45, 2.75) is 90.4 Å². The number of carbonyl (C=O) groups excluding carboxylic acids is 1. The summed E-state index contributed by atoms with van der Waals surface area (Å²) in [6.07, 6.45) is 16.5. The molecule has 0 aliphatic carbocycles. The van der Waals surface area contributed by atoms with Crippen LogP contribution >= 0.6 is 0 Å². The van der Waals surface area contributed by atoms with Crippen molar-refractivity contribution in [3.63, 3.8) is 0 Å². The van der Waals surface area contributed by atoms with Crippen LogP contribution in [0.5, 0.6) is 5.75 Å². The summed E-state index contributed by atoms with van der Waals surface area (Å²) in [6, 6.07) is 6.79. The molecule has 0 atom stereocenters. The van der Waals surface area contributed by atoms with Crippen LogP contribution in [0.15, 0.2) is 24.3 Å². The largest absolute Gasteiger partial charge is 0.508 e. The van der Waals surface area contributed by atoms with Crippen LogP contribution in [0.2, 0.25) is 0 Å². The molecule has 0 radical (unpaired) electrons. The molecule has 1 aromatic carbocycles. The highest BCUT2D eigenvalue weighted by atomic mass is 16.3. The number of unbranched alkanes of at least 4 members (excludes halogenated alkanes) is 11. The summed E-state index contributed by atoms with van der Waals surface area (Å²) < 4.78 is 0. The normalized spacial score (nSPS) is 10.9. The highest BCUT2D eigenvalue weighted by Gasteiger charge is 2.09. The number of carbonyl (C=O) groups is 1. The van der Waals surface area contributed by atoms with Gasteiger partial charge in [0.25, 0.3) is 0 Å². The van der Waals surface area contributed by atoms with Crippen LogP contribution in [-0.4, -0.2) is 29.1 Å². The van der Waals surface area contributed by atoms with Crippen LogP contribution in [0.3, 0.4) is 0 Å². The van der Waals surface area contributed by atoms with E-state index in [-0.39, 0.29) is 11.8 Å². The fraction of sp³-hybridized carbons (Fsp3) is 0.696. The molecule has 4 heteroatoms. The molecule has 1 aromatic rings. The number of amides is 2. The molecule has 2 amide bonds. The maximum absolute atomic E-state index is 11.6. The molecule has 0 fully saturated rings. The van der Waals surface area contributed by atoms with Gasteiger partial charge >= 0.3 is 6.03 Å². The first-order valence-electron chi connectivity index (χ1n) is 11.0. The lowest BCUT2D eigenvalue weighted by atomic mass is 10.1. The Morgan fingerprint density at radius 2 is 1.30 bits per heavy atom. The zero-order valence-electron chi connectivity index (χ0n) is 17.3. The molecule has 1 rings (SSSR count). The number of phenols is 1. The van der Waals surface area contributed by atoms with Crippen LogP contribution in [0.4, 0.5) is 4.79 Å². The van der Waals surface area contributed by atoms with E-state index in [4.69, 9.17) is 5.73 Å². The first-order chi connectivity index (χ1) is 13.1. The number of nitrogens with two attached hydrogens (primary N) is 1. The molecule has 0 saturated heterocycles. The topological polar surface area (TPSA) is 66.6 Å². The van der Waals surface area contributed by atoms with E-state index >= 15 is 0 Å². The lowest BCUT2D eigenvalue weighted by molar-refractivity contribution is 0.207. The summed E-state index contributed by atoms with van der Waals surface area (Å²) in [6.45, 7) is 3.64. The predicted octanol–water partition coefficient (Wildman–Crippen LogP) is 6.02. The van der Waals surface area contributed by atoms with Crippen LogP contribution in [0.25, 0.3) is 0 Å². The highest BCUT2D eigenvalue weighted by molar-refractivity contribution is 5.71. The quantitative estimate of drug-likeness (QED) is 0.347. The van der Waals surface area contributed by atoms with Gasteiger partial charge < -0.3 is 15.7 Å². The zero-order valence-corrected chi connectivity index (χ0v) is 17.3. The Morgan fingerprint density at radius 3 is 1.78 bits per heavy atom. The number of hydrogen-bond acceptors (Lipinski definition) is 2. The average Bonchev–Trinajstić information content (AvgIpc) is 2.66. The highest BCUT2D eigenvalue weighted by Crippen LogP contribution is 2.13. The first kappa shape index (κ1) is 23.3. The number of benzene rings is 1. The third kappa shape index (κ3) is 12.3. The second-order valence-electron chi connectivity index (χ2n) is 7.63. The molecule has 0 unspecified atom stereocenters. The van der Waals surface area contributed by atoms with Crippen LogP contribution in [-0.2, 0) is 6.42 Å². The van der Waals surface area contributed by atoms with Crippen molar-refractivity contribution < 1.29 is 9.90 Å². The summed E-state index contributed by atoms with van der Waals surface area (Å²) in [4.78, 5) is 13.4. The fourth-order valence-corrected chi connectivity index (χ4v) is 3.40. The minimum absolute atomic E-state index is 0.266. The average molecular weight is 377 g/mol. The Hall–Kier alpha value is -1.71. The first-order valence-corrected chi connectivity index (χ1v) is 11.0. The Balaban J connectivity index is 2.02. The number of phenolic OH excluding ortho intramolecular Hbond substituents is 1. The van der Waals surface area contributed by atoms with Gasteiger partial charge in [-0.2, -0.15) is 0 Å². The molecule has 0 aliphatic heterocycles. The molecule has 0 heterocycles. The summed E-state index contributed by atoms with van der Waals surface area (Å²) >= 11 is 0. The van der Waals surface area contributed by atoms with Crippen molar-refractivity contribution in [2.24, 2.45) is 5.73 Å². The molecule has 0 aromatic heterocycles. The summed E-state index contributed by atoms with van der Waals surface area (Å²) in [5, 5.41) is 9.32. The molecule has 154 valence electrons. The van der Waals surface area contributed by atoms with E-state index in [9.17, 15) is 9.90 Å². The maximum atomic E-state index is 11.6. The summed E-state index contributed by atoms with van der Waals surface area (Å²) in [5.41, 5.74) is 6.62. The van der Waals surface area contributed by atoms with Gasteiger partial charge in [0, 0.05) is 13.1 Å². The van der Waals surface area contributed by atoms with Gasteiger partial charge in [-0.25, -0.2) is 4.79 Å². The van der Waals surface area contributed by atoms with Gasteiger partial charge in [0.15, 0.2) is 0 Å². The van der Waals surface area contributed by atoms with Crippen LogP contribution < -0.4 is 5.73 Å². The fourth-order valence-electron chi connectivity index (χ4n) is 3.40. The van der Waals surface area contributed by atoms with Gasteiger partial charge in [-0.3, -0.25) is 0 Å². The maximum Gasteiger partial charge on any atom is 0.314 e. The predicted molar refractivity (Wildman–Crippen MR) is 114 cm³/mol. The standard InChI is InChI=1S/C23H40N2O2/c1-2-3-4-5-6-7-8-9-10-11-12-13-19-25(23(24)27)20-18-21-14-16-22(26)17-15-21/h14-17,26H,2-13,18-20H2,1H3,(H2,24,27). The third-order valence-corrected chi connectivity index (χ3v) is 5.20. The zero-order chi connectivity index (χ0) is 19.7. The van der Waals surface area contributed by atoms with Gasteiger partial charge in [-0.1, -0.05) is 89.7 Å². The van der Waals surface area contributed by atoms with E-state index in [0.717, 1.165) is 24.9 Å². The number of primary amides is 1. The van der Waals surface area contributed by atoms with E-state index in [1.807, 2.05) is 12.1 Å². The van der Waals surface area contributed by atoms with Crippen molar-refractivity contribution >= 4 is 6.03 Å². The Morgan fingerprint density at radius 1 is 0.815 bits per heavy atom. The SMILES string of the molecule is CCCCCCCCCCCCCCN(CCc1ccc(O)cc1)C(N)=O. The molecule has 4 nitrogen and oxygen atoms in total. The van der Waals surface area contributed by atoms with Crippen molar-refractivity contribution in [1.29, 1.82) is 0 Å². The Bertz CT molecular complexity index is 488. The molecule has 0 bridgehead atoms. The van der Waals surface area contributed by atoms with Gasteiger partial charge in [-0.15, -0.1) is 0 Å². The molecular weight excluding hydrogens is 336 g/mol. The summed E-state index contributed by atoms with van der Waals surface area (Å²) in [5.74, 6) is 0.266. The van der Waals surface area contributed by atoms with Crippen LogP contribution in [0, 0.1) is 0 Å². The number of aromatic hydroxyl groups is 1. The molecular formula is C23H40N2O2. The van der Waals surface area contributed by atoms with E-state index in [1.165, 1.54) is 70.6 Å². The molecule has 27 heavy (non-hydrogen) atoms. The van der Waals surface area contributed by atoms with Crippen molar-refractivity contribution in [3.05, 3.63) is 29.8 Å². The van der Waals surface area contributed by atoms with E-state index in [1.54, 1.807) is 17.0 Å². The lowest BCUT2D eigenvalue weighted by Gasteiger charge is -2.20. The molecule has 3 N–H and O–H groups in total. The van der Waals surface area contributed by atoms with Gasteiger partial charge in [0.2, 0.25) is 0 Å². The van der Waals surface area contributed by atoms with Gasteiger partial charge in [-0.05, 0) is 30.5 Å². The van der Waals surface area contributed by atoms with Gasteiger partial charge in [0.05, 0.1) is 0 Å². The van der Waals surface area contributed by atoms with Crippen molar-refractivity contribution in [2.75, 3.05) is 13.1 Å². The number of hydrogen-bond donors (Lipinski definition) is 2. The molecule has 0 spiro atoms. The Labute approximate surface area is 166 Å². The smallest absolute Gasteiger partial charge is 0.314 e. The minimum atomic E-state index is -0.336. The van der Waals surface area contributed by atoms with Crippen molar-refractivity contribution in [3.8, 4) is 5.75 Å². The second kappa shape index (κ2) is 15.4. The van der Waals surface area contributed by atoms with E-state index < -0.39 is 0 Å². The second-order valence-corrected chi connectivity index (χ2v) is 7.63. The van der Waals surface area contributed by atoms with E-state index in [2.05, 4.69) is 6.92 Å². The third-order valence-electron chi connectivity index (χ3n) is 5.20. The molecule has 0 saturated carbocycles. The molecule has 0 aliphatic rings. The van der Waals surface area contributed by atoms with Crippen molar-refractivity contribution in [1.82, 2.24) is 4.90 Å². The number of nitrogens with zero attached hydrogens (tertiary/aromatic N) is 1. The Kier molecular flexibility index (Phi) is 13.3. The van der Waals surface area contributed by atoms with E-state index in [0.29, 0.717) is 6.54 Å². The lowest BCUT2D eigenvalue weighted by Crippen LogP contribution is -2.37. The number of rotatable bonds is 16. The number of urea groups is 1. The monoisotopic (exact) mass is 376 g/mol. The summed E-state index contributed by atoms with van der Waals surface area (Å²) in [7, 11) is 0. The minimum Gasteiger partial charge on any atom is -0.508 e. The van der Waals surface area contributed by atoms with Gasteiger partial charge in [0.1, 0.15) is 5.75 Å². The van der Waals surface area contributed by atoms with Crippen LogP contribution in [0.1, 0.15) is 89.5 Å².